The van der Waals surface area contributed by atoms with Gasteiger partial charge in [0.25, 0.3) is 0 Å². The lowest BCUT2D eigenvalue weighted by molar-refractivity contribution is -0.147. The molecule has 0 unspecified atom stereocenters. The second-order valence-corrected chi connectivity index (χ2v) is 6.73. The first-order chi connectivity index (χ1) is 11.0. The first-order valence-electron chi connectivity index (χ1n) is 7.54. The molecule has 1 aliphatic rings. The van der Waals surface area contributed by atoms with Gasteiger partial charge in [0.05, 0.1) is 12.1 Å². The number of aliphatic carboxylic acids is 1. The van der Waals surface area contributed by atoms with E-state index in [0.717, 1.165) is 23.6 Å². The quantitative estimate of drug-likeness (QED) is 0.877. The van der Waals surface area contributed by atoms with E-state index in [9.17, 15) is 14.7 Å². The van der Waals surface area contributed by atoms with E-state index in [1.165, 1.54) is 11.3 Å². The van der Waals surface area contributed by atoms with Gasteiger partial charge in [-0.25, -0.2) is 9.78 Å². The molecular formula is C16H18N2O4S. The van der Waals surface area contributed by atoms with Crippen LogP contribution in [0, 0.1) is 6.92 Å². The van der Waals surface area contributed by atoms with Crippen LogP contribution in [0.4, 0.5) is 0 Å². The number of aromatic nitrogens is 1. The van der Waals surface area contributed by atoms with E-state index in [2.05, 4.69) is 10.3 Å². The molecule has 1 fully saturated rings. The Morgan fingerprint density at radius 1 is 1.39 bits per heavy atom. The number of thiazole rings is 1. The van der Waals surface area contributed by atoms with Gasteiger partial charge in [-0.15, -0.1) is 11.3 Å². The molecule has 7 heteroatoms. The largest absolute Gasteiger partial charge is 0.480 e. The van der Waals surface area contributed by atoms with Gasteiger partial charge in [-0.1, -0.05) is 12.8 Å². The number of carboxylic acid groups (broad SMARTS) is 1. The van der Waals surface area contributed by atoms with E-state index in [1.807, 2.05) is 19.1 Å². The maximum absolute atomic E-state index is 12.2. The molecule has 3 rings (SSSR count). The Kier molecular flexibility index (Phi) is 4.21. The highest BCUT2D eigenvalue weighted by Gasteiger charge is 2.42. The highest BCUT2D eigenvalue weighted by molar-refractivity contribution is 7.13. The Labute approximate surface area is 137 Å². The first-order valence-corrected chi connectivity index (χ1v) is 8.42. The van der Waals surface area contributed by atoms with Gasteiger partial charge < -0.3 is 14.8 Å². The number of amides is 1. The van der Waals surface area contributed by atoms with Crippen LogP contribution in [0.2, 0.25) is 0 Å². The zero-order valence-electron chi connectivity index (χ0n) is 12.8. The molecule has 2 aromatic heterocycles. The Balaban J connectivity index is 1.66. The zero-order valence-corrected chi connectivity index (χ0v) is 13.6. The number of carbonyl (C=O) groups is 2. The normalized spacial score (nSPS) is 16.4. The molecule has 0 aromatic carbocycles. The molecule has 6 nitrogen and oxygen atoms in total. The molecule has 1 amide bonds. The molecule has 1 saturated carbocycles. The van der Waals surface area contributed by atoms with Crippen molar-refractivity contribution in [2.24, 2.45) is 0 Å². The number of rotatable bonds is 5. The average Bonchev–Trinajstić information content (AvgIpc) is 3.20. The minimum atomic E-state index is -1.10. The highest BCUT2D eigenvalue weighted by atomic mass is 32.1. The predicted molar refractivity (Wildman–Crippen MR) is 85.2 cm³/mol. The second-order valence-electron chi connectivity index (χ2n) is 5.87. The maximum Gasteiger partial charge on any atom is 0.329 e. The summed E-state index contributed by atoms with van der Waals surface area (Å²) >= 11 is 1.40. The van der Waals surface area contributed by atoms with Crippen LogP contribution in [-0.4, -0.2) is 27.5 Å². The number of nitrogens with one attached hydrogen (secondary N) is 1. The van der Waals surface area contributed by atoms with E-state index in [-0.39, 0.29) is 12.3 Å². The fraction of sp³-hybridized carbons (Fsp3) is 0.438. The number of carbonyl (C=O) groups excluding carboxylic acids is 1. The standard InChI is InChI=1S/C16H18N2O4S/c1-10-4-5-12(22-10)14-17-11(9-23-14)8-13(19)18-16(15(20)21)6-2-3-7-16/h4-5,9H,2-3,6-8H2,1H3,(H,18,19)(H,20,21). The number of hydrogen-bond acceptors (Lipinski definition) is 5. The summed E-state index contributed by atoms with van der Waals surface area (Å²) in [6.45, 7) is 1.86. The Morgan fingerprint density at radius 3 is 2.74 bits per heavy atom. The summed E-state index contributed by atoms with van der Waals surface area (Å²) in [4.78, 5) is 28.0. The number of carboxylic acids is 1. The minimum Gasteiger partial charge on any atom is -0.480 e. The summed E-state index contributed by atoms with van der Waals surface area (Å²) in [7, 11) is 0. The molecule has 0 bridgehead atoms. The fourth-order valence-electron chi connectivity index (χ4n) is 2.90. The molecule has 2 N–H and O–H groups in total. The van der Waals surface area contributed by atoms with Crippen molar-refractivity contribution in [3.63, 3.8) is 0 Å². The molecule has 122 valence electrons. The van der Waals surface area contributed by atoms with Crippen LogP contribution in [0.1, 0.15) is 37.1 Å². The Bertz CT molecular complexity index is 728. The molecule has 0 saturated heterocycles. The van der Waals surface area contributed by atoms with Crippen molar-refractivity contribution in [3.05, 3.63) is 29.0 Å². The predicted octanol–water partition coefficient (Wildman–Crippen LogP) is 2.77. The lowest BCUT2D eigenvalue weighted by Gasteiger charge is -2.25. The van der Waals surface area contributed by atoms with Crippen LogP contribution in [-0.2, 0) is 16.0 Å². The third-order valence-electron chi connectivity index (χ3n) is 4.09. The van der Waals surface area contributed by atoms with E-state index >= 15 is 0 Å². The summed E-state index contributed by atoms with van der Waals surface area (Å²) in [6, 6.07) is 3.70. The van der Waals surface area contributed by atoms with Gasteiger partial charge in [0.1, 0.15) is 11.3 Å². The smallest absolute Gasteiger partial charge is 0.329 e. The van der Waals surface area contributed by atoms with Crippen molar-refractivity contribution in [1.82, 2.24) is 10.3 Å². The summed E-state index contributed by atoms with van der Waals surface area (Å²) in [5, 5.41) is 14.6. The fourth-order valence-corrected chi connectivity index (χ4v) is 3.68. The topological polar surface area (TPSA) is 92.4 Å². The molecule has 1 aliphatic carbocycles. The SMILES string of the molecule is Cc1ccc(-c2nc(CC(=O)NC3(C(=O)O)CCCC3)cs2)o1. The van der Waals surface area contributed by atoms with Gasteiger partial charge in [0.2, 0.25) is 5.91 Å². The van der Waals surface area contributed by atoms with Crippen molar-refractivity contribution in [3.8, 4) is 10.8 Å². The van der Waals surface area contributed by atoms with E-state index in [0.29, 0.717) is 24.3 Å². The number of aryl methyl sites for hydroxylation is 1. The van der Waals surface area contributed by atoms with Crippen LogP contribution < -0.4 is 5.32 Å². The molecule has 0 spiro atoms. The minimum absolute atomic E-state index is 0.0746. The van der Waals surface area contributed by atoms with Gasteiger partial charge in [0.15, 0.2) is 10.8 Å². The molecule has 2 heterocycles. The van der Waals surface area contributed by atoms with Crippen molar-refractivity contribution < 1.29 is 19.1 Å². The van der Waals surface area contributed by atoms with Gasteiger partial charge in [-0.05, 0) is 31.9 Å². The average molecular weight is 334 g/mol. The molecule has 0 aliphatic heterocycles. The van der Waals surface area contributed by atoms with Crippen LogP contribution in [0.3, 0.4) is 0 Å². The Morgan fingerprint density at radius 2 is 2.13 bits per heavy atom. The summed E-state index contributed by atoms with van der Waals surface area (Å²) in [5.41, 5.74) is -0.483. The maximum atomic E-state index is 12.2. The van der Waals surface area contributed by atoms with Gasteiger partial charge in [0, 0.05) is 5.38 Å². The third kappa shape index (κ3) is 3.29. The van der Waals surface area contributed by atoms with Crippen molar-refractivity contribution in [2.45, 2.75) is 44.6 Å². The summed E-state index contributed by atoms with van der Waals surface area (Å²) in [6.07, 6.45) is 2.70. The van der Waals surface area contributed by atoms with Crippen molar-refractivity contribution in [1.29, 1.82) is 0 Å². The van der Waals surface area contributed by atoms with E-state index < -0.39 is 11.5 Å². The van der Waals surface area contributed by atoms with Crippen LogP contribution >= 0.6 is 11.3 Å². The van der Waals surface area contributed by atoms with Crippen LogP contribution in [0.15, 0.2) is 21.9 Å². The van der Waals surface area contributed by atoms with Crippen LogP contribution in [0.5, 0.6) is 0 Å². The highest BCUT2D eigenvalue weighted by Crippen LogP contribution is 2.30. The second kappa shape index (κ2) is 6.16. The molecule has 2 aromatic rings. The summed E-state index contributed by atoms with van der Waals surface area (Å²) < 4.78 is 5.51. The van der Waals surface area contributed by atoms with Crippen molar-refractivity contribution in [2.75, 3.05) is 0 Å². The zero-order chi connectivity index (χ0) is 16.4. The summed E-state index contributed by atoms with van der Waals surface area (Å²) in [5.74, 6) is 0.228. The number of furan rings is 1. The molecule has 0 atom stereocenters. The molecular weight excluding hydrogens is 316 g/mol. The van der Waals surface area contributed by atoms with Gasteiger partial charge >= 0.3 is 5.97 Å². The number of hydrogen-bond donors (Lipinski definition) is 2. The van der Waals surface area contributed by atoms with E-state index in [1.54, 1.807) is 5.38 Å². The lowest BCUT2D eigenvalue weighted by atomic mass is 9.97. The van der Waals surface area contributed by atoms with E-state index in [4.69, 9.17) is 4.42 Å². The molecule has 23 heavy (non-hydrogen) atoms. The van der Waals surface area contributed by atoms with Crippen molar-refractivity contribution >= 4 is 23.2 Å². The molecule has 0 radical (unpaired) electrons. The monoisotopic (exact) mass is 334 g/mol. The number of nitrogens with zero attached hydrogens (tertiary/aromatic N) is 1. The van der Waals surface area contributed by atoms with Crippen LogP contribution in [0.25, 0.3) is 10.8 Å². The third-order valence-corrected chi connectivity index (χ3v) is 5.00. The van der Waals surface area contributed by atoms with Gasteiger partial charge in [-0.3, -0.25) is 4.79 Å². The Hall–Kier alpha value is -2.15. The van der Waals surface area contributed by atoms with Gasteiger partial charge in [-0.2, -0.15) is 0 Å². The lowest BCUT2D eigenvalue weighted by Crippen LogP contribution is -2.52. The first kappa shape index (κ1) is 15.7.